The molecule has 2 amide bonds. The second-order valence-corrected chi connectivity index (χ2v) is 4.09. The summed E-state index contributed by atoms with van der Waals surface area (Å²) in [5, 5.41) is 2.23. The van der Waals surface area contributed by atoms with E-state index in [2.05, 4.69) is 5.32 Å². The van der Waals surface area contributed by atoms with Gasteiger partial charge in [0.2, 0.25) is 11.8 Å². The van der Waals surface area contributed by atoms with Crippen molar-refractivity contribution in [3.63, 3.8) is 0 Å². The van der Waals surface area contributed by atoms with Gasteiger partial charge in [-0.25, -0.2) is 0 Å². The van der Waals surface area contributed by atoms with Crippen LogP contribution in [0.15, 0.2) is 12.1 Å². The van der Waals surface area contributed by atoms with E-state index in [-0.39, 0.29) is 24.9 Å². The van der Waals surface area contributed by atoms with E-state index in [9.17, 15) is 9.59 Å². The number of nitrogens with one attached hydrogen (secondary N) is 1. The molecule has 7 nitrogen and oxygen atoms in total. The highest BCUT2D eigenvalue weighted by molar-refractivity contribution is 6.03. The Morgan fingerprint density at radius 3 is 2.16 bits per heavy atom. The summed E-state index contributed by atoms with van der Waals surface area (Å²) in [6, 6.07) is 3.26. The van der Waals surface area contributed by atoms with Gasteiger partial charge in [0.25, 0.3) is 0 Å². The van der Waals surface area contributed by atoms with E-state index in [0.717, 1.165) is 0 Å². The number of nitrogen functional groups attached to an aromatic ring is 1. The predicted octanol–water partition coefficient (Wildman–Crippen LogP) is -0.251. The maximum Gasteiger partial charge on any atom is 0.246 e. The zero-order valence-electron chi connectivity index (χ0n) is 10.7. The average Bonchev–Trinajstić information content (AvgIpc) is 2.37. The zero-order valence-corrected chi connectivity index (χ0v) is 10.7. The lowest BCUT2D eigenvalue weighted by Gasteiger charge is -2.29. The number of benzene rings is 1. The summed E-state index contributed by atoms with van der Waals surface area (Å²) >= 11 is 0. The molecule has 7 heteroatoms. The number of carbonyl (C=O) groups is 2. The number of piperazine rings is 1. The number of carbonyl (C=O) groups excluding carboxylic acids is 2. The van der Waals surface area contributed by atoms with Gasteiger partial charge in [-0.05, 0) is 0 Å². The highest BCUT2D eigenvalue weighted by Crippen LogP contribution is 2.36. The van der Waals surface area contributed by atoms with Crippen molar-refractivity contribution in [1.29, 1.82) is 0 Å². The SMILES string of the molecule is COc1cc(N)c(N2CC(=O)NC(=O)C2)cc1OC. The van der Waals surface area contributed by atoms with Gasteiger partial charge in [-0.3, -0.25) is 14.9 Å². The topological polar surface area (TPSA) is 93.9 Å². The van der Waals surface area contributed by atoms with E-state index < -0.39 is 0 Å². The molecule has 0 spiro atoms. The van der Waals surface area contributed by atoms with Crippen LogP contribution in [-0.4, -0.2) is 39.1 Å². The number of amides is 2. The smallest absolute Gasteiger partial charge is 0.246 e. The molecule has 0 aromatic heterocycles. The van der Waals surface area contributed by atoms with Gasteiger partial charge in [0, 0.05) is 12.1 Å². The van der Waals surface area contributed by atoms with Crippen LogP contribution >= 0.6 is 0 Å². The van der Waals surface area contributed by atoms with E-state index in [1.807, 2.05) is 0 Å². The van der Waals surface area contributed by atoms with Crippen LogP contribution in [0.2, 0.25) is 0 Å². The average molecular weight is 265 g/mol. The van der Waals surface area contributed by atoms with E-state index >= 15 is 0 Å². The maximum atomic E-state index is 11.4. The fraction of sp³-hybridized carbons (Fsp3) is 0.333. The van der Waals surface area contributed by atoms with Crippen LogP contribution in [0.4, 0.5) is 11.4 Å². The van der Waals surface area contributed by atoms with Gasteiger partial charge < -0.3 is 20.1 Å². The lowest BCUT2D eigenvalue weighted by atomic mass is 10.2. The molecule has 0 saturated carbocycles. The second-order valence-electron chi connectivity index (χ2n) is 4.09. The van der Waals surface area contributed by atoms with E-state index in [4.69, 9.17) is 15.2 Å². The molecule has 2 rings (SSSR count). The van der Waals surface area contributed by atoms with Crippen molar-refractivity contribution >= 4 is 23.2 Å². The van der Waals surface area contributed by atoms with Gasteiger partial charge in [0.1, 0.15) is 0 Å². The molecule has 0 bridgehead atoms. The molecular weight excluding hydrogens is 250 g/mol. The fourth-order valence-corrected chi connectivity index (χ4v) is 1.97. The number of ether oxygens (including phenoxy) is 2. The molecule has 102 valence electrons. The number of hydrogen-bond acceptors (Lipinski definition) is 6. The number of nitrogens with zero attached hydrogens (tertiary/aromatic N) is 1. The first-order valence-corrected chi connectivity index (χ1v) is 5.64. The van der Waals surface area contributed by atoms with Crippen LogP contribution in [0.1, 0.15) is 0 Å². The minimum absolute atomic E-state index is 0.0748. The van der Waals surface area contributed by atoms with Gasteiger partial charge >= 0.3 is 0 Å². The third-order valence-electron chi connectivity index (χ3n) is 2.82. The molecule has 0 aliphatic carbocycles. The van der Waals surface area contributed by atoms with Crippen molar-refractivity contribution in [1.82, 2.24) is 5.32 Å². The Balaban J connectivity index is 2.38. The van der Waals surface area contributed by atoms with E-state index in [1.54, 1.807) is 17.0 Å². The summed E-state index contributed by atoms with van der Waals surface area (Å²) in [7, 11) is 3.01. The second kappa shape index (κ2) is 5.05. The van der Waals surface area contributed by atoms with Crippen molar-refractivity contribution in [2.45, 2.75) is 0 Å². The first-order chi connectivity index (χ1) is 9.05. The van der Waals surface area contributed by atoms with Crippen LogP contribution in [0.25, 0.3) is 0 Å². The molecule has 1 aromatic rings. The van der Waals surface area contributed by atoms with E-state index in [0.29, 0.717) is 22.9 Å². The van der Waals surface area contributed by atoms with E-state index in [1.165, 1.54) is 14.2 Å². The minimum Gasteiger partial charge on any atom is -0.493 e. The highest BCUT2D eigenvalue weighted by atomic mass is 16.5. The Bertz CT molecular complexity index is 514. The number of hydrogen-bond donors (Lipinski definition) is 2. The van der Waals surface area contributed by atoms with Crippen molar-refractivity contribution in [2.24, 2.45) is 0 Å². The number of imide groups is 1. The lowest BCUT2D eigenvalue weighted by molar-refractivity contribution is -0.130. The van der Waals surface area contributed by atoms with Crippen LogP contribution in [0.5, 0.6) is 11.5 Å². The molecule has 1 saturated heterocycles. The maximum absolute atomic E-state index is 11.4. The Hall–Kier alpha value is -2.44. The molecule has 0 radical (unpaired) electrons. The Morgan fingerprint density at radius 2 is 1.63 bits per heavy atom. The molecule has 3 N–H and O–H groups in total. The van der Waals surface area contributed by atoms with Gasteiger partial charge in [0.05, 0.1) is 38.7 Å². The minimum atomic E-state index is -0.356. The molecule has 1 aliphatic rings. The van der Waals surface area contributed by atoms with Crippen LogP contribution in [-0.2, 0) is 9.59 Å². The molecule has 1 aliphatic heterocycles. The van der Waals surface area contributed by atoms with Crippen molar-refractivity contribution in [3.05, 3.63) is 12.1 Å². The van der Waals surface area contributed by atoms with Gasteiger partial charge in [0.15, 0.2) is 11.5 Å². The fourth-order valence-electron chi connectivity index (χ4n) is 1.97. The first-order valence-electron chi connectivity index (χ1n) is 5.64. The van der Waals surface area contributed by atoms with Crippen molar-refractivity contribution in [3.8, 4) is 11.5 Å². The largest absolute Gasteiger partial charge is 0.493 e. The molecule has 19 heavy (non-hydrogen) atoms. The molecule has 0 atom stereocenters. The molecule has 1 aromatic carbocycles. The number of nitrogens with two attached hydrogens (primary N) is 1. The molecular formula is C12H15N3O4. The highest BCUT2D eigenvalue weighted by Gasteiger charge is 2.25. The van der Waals surface area contributed by atoms with Crippen LogP contribution in [0.3, 0.4) is 0 Å². The van der Waals surface area contributed by atoms with Crippen molar-refractivity contribution in [2.75, 3.05) is 37.9 Å². The van der Waals surface area contributed by atoms with Crippen LogP contribution in [0, 0.1) is 0 Å². The summed E-state index contributed by atoms with van der Waals surface area (Å²) < 4.78 is 10.3. The Kier molecular flexibility index (Phi) is 3.46. The predicted molar refractivity (Wildman–Crippen MR) is 69.3 cm³/mol. The number of rotatable bonds is 3. The monoisotopic (exact) mass is 265 g/mol. The first kappa shape index (κ1) is 13.0. The summed E-state index contributed by atoms with van der Waals surface area (Å²) in [6.45, 7) is 0.150. The third-order valence-corrected chi connectivity index (χ3v) is 2.82. The Labute approximate surface area is 110 Å². The normalized spacial score (nSPS) is 15.2. The Morgan fingerprint density at radius 1 is 1.11 bits per heavy atom. The number of anilines is 2. The summed E-state index contributed by atoms with van der Waals surface area (Å²) in [5.74, 6) is 0.275. The van der Waals surface area contributed by atoms with Gasteiger partial charge in [-0.15, -0.1) is 0 Å². The third kappa shape index (κ3) is 2.54. The molecule has 1 fully saturated rings. The zero-order chi connectivity index (χ0) is 14.0. The summed E-state index contributed by atoms with van der Waals surface area (Å²) in [6.07, 6.45) is 0. The molecule has 0 unspecified atom stereocenters. The summed E-state index contributed by atoms with van der Waals surface area (Å²) in [5.41, 5.74) is 6.91. The van der Waals surface area contributed by atoms with Gasteiger partial charge in [-0.2, -0.15) is 0 Å². The van der Waals surface area contributed by atoms with Crippen molar-refractivity contribution < 1.29 is 19.1 Å². The lowest BCUT2D eigenvalue weighted by Crippen LogP contribution is -2.51. The summed E-state index contributed by atoms with van der Waals surface area (Å²) in [4.78, 5) is 24.3. The molecule has 1 heterocycles. The van der Waals surface area contributed by atoms with Gasteiger partial charge in [-0.1, -0.05) is 0 Å². The quantitative estimate of drug-likeness (QED) is 0.578. The standard InChI is InChI=1S/C12H15N3O4/c1-18-9-3-7(13)8(4-10(9)19-2)15-5-11(16)14-12(17)6-15/h3-4H,5-6,13H2,1-2H3,(H,14,16,17). The van der Waals surface area contributed by atoms with Crippen LogP contribution < -0.4 is 25.4 Å². The number of methoxy groups -OCH3 is 2.